The van der Waals surface area contributed by atoms with Gasteiger partial charge in [-0.15, -0.1) is 0 Å². The van der Waals surface area contributed by atoms with Gasteiger partial charge in [-0.2, -0.15) is 0 Å². The second-order valence-corrected chi connectivity index (χ2v) is 11.0. The summed E-state index contributed by atoms with van der Waals surface area (Å²) >= 11 is 6.96. The lowest BCUT2D eigenvalue weighted by molar-refractivity contribution is 0.242. The van der Waals surface area contributed by atoms with Gasteiger partial charge in [-0.05, 0) is 67.4 Å². The quantitative estimate of drug-likeness (QED) is 0.366. The maximum absolute atomic E-state index is 12.9. The van der Waals surface area contributed by atoms with Crippen molar-refractivity contribution in [2.45, 2.75) is 37.9 Å². The number of hydrogen-bond acceptors (Lipinski definition) is 5. The normalized spacial score (nSPS) is 11.9. The molecule has 0 radical (unpaired) electrons. The smallest absolute Gasteiger partial charge is 0.308 e. The summed E-state index contributed by atoms with van der Waals surface area (Å²) in [5.41, 5.74) is 2.41. The van der Waals surface area contributed by atoms with Crippen LogP contribution >= 0.6 is 22.9 Å². The standard InChI is InChI=1S/C24H23ClN2O4S2/c1-16(2)31-20-5-3-4-18(12-20)14-26-33(29,30)21-10-11-22-23(13-21)32-24(28)27(22)15-17-6-8-19(25)9-7-17/h3-13,16,26H,14-15H2,1-2H3. The lowest BCUT2D eigenvalue weighted by atomic mass is 10.2. The average molecular weight is 503 g/mol. The molecule has 0 unspecified atom stereocenters. The monoisotopic (exact) mass is 502 g/mol. The lowest BCUT2D eigenvalue weighted by Crippen LogP contribution is -2.23. The minimum Gasteiger partial charge on any atom is -0.491 e. The third-order valence-electron chi connectivity index (χ3n) is 4.94. The molecule has 172 valence electrons. The Hall–Kier alpha value is -2.65. The van der Waals surface area contributed by atoms with Crippen LogP contribution in [0.4, 0.5) is 0 Å². The highest BCUT2D eigenvalue weighted by Gasteiger charge is 2.17. The van der Waals surface area contributed by atoms with E-state index in [4.69, 9.17) is 16.3 Å². The van der Waals surface area contributed by atoms with Crippen molar-refractivity contribution in [2.75, 3.05) is 0 Å². The van der Waals surface area contributed by atoms with Crippen LogP contribution in [0.2, 0.25) is 5.02 Å². The number of thiazole rings is 1. The van der Waals surface area contributed by atoms with Crippen molar-refractivity contribution in [3.63, 3.8) is 0 Å². The van der Waals surface area contributed by atoms with Gasteiger partial charge in [0.15, 0.2) is 0 Å². The predicted octanol–water partition coefficient (Wildman–Crippen LogP) is 5.03. The maximum Gasteiger partial charge on any atom is 0.308 e. The van der Waals surface area contributed by atoms with E-state index in [1.165, 1.54) is 6.07 Å². The first-order valence-electron chi connectivity index (χ1n) is 10.3. The van der Waals surface area contributed by atoms with E-state index >= 15 is 0 Å². The van der Waals surface area contributed by atoms with Crippen LogP contribution < -0.4 is 14.3 Å². The molecule has 1 N–H and O–H groups in total. The van der Waals surface area contributed by atoms with E-state index in [1.807, 2.05) is 50.2 Å². The van der Waals surface area contributed by atoms with E-state index in [-0.39, 0.29) is 22.4 Å². The van der Waals surface area contributed by atoms with E-state index in [2.05, 4.69) is 4.72 Å². The van der Waals surface area contributed by atoms with Gasteiger partial charge in [0, 0.05) is 11.6 Å². The Morgan fingerprint density at radius 3 is 2.52 bits per heavy atom. The average Bonchev–Trinajstić information content (AvgIpc) is 3.08. The van der Waals surface area contributed by atoms with E-state index in [0.717, 1.165) is 22.5 Å². The van der Waals surface area contributed by atoms with Crippen LogP contribution in [0, 0.1) is 0 Å². The molecule has 3 aromatic carbocycles. The van der Waals surface area contributed by atoms with Crippen molar-refractivity contribution in [1.82, 2.24) is 9.29 Å². The lowest BCUT2D eigenvalue weighted by Gasteiger charge is -2.12. The number of aromatic nitrogens is 1. The SMILES string of the molecule is CC(C)Oc1cccc(CNS(=O)(=O)c2ccc3c(c2)sc(=O)n3Cc2ccc(Cl)cc2)c1. The van der Waals surface area contributed by atoms with Gasteiger partial charge in [-0.1, -0.05) is 47.2 Å². The fraction of sp³-hybridized carbons (Fsp3) is 0.208. The summed E-state index contributed by atoms with van der Waals surface area (Å²) in [6.45, 7) is 4.38. The molecule has 0 amide bonds. The number of fused-ring (bicyclic) bond motifs is 1. The Kier molecular flexibility index (Phi) is 6.90. The van der Waals surface area contributed by atoms with Gasteiger partial charge in [0.2, 0.25) is 10.0 Å². The summed E-state index contributed by atoms with van der Waals surface area (Å²) in [6.07, 6.45) is 0.0304. The zero-order valence-electron chi connectivity index (χ0n) is 18.1. The van der Waals surface area contributed by atoms with Crippen molar-refractivity contribution in [2.24, 2.45) is 0 Å². The number of halogens is 1. The molecule has 1 heterocycles. The van der Waals surface area contributed by atoms with Crippen LogP contribution in [-0.4, -0.2) is 19.1 Å². The second kappa shape index (κ2) is 9.69. The zero-order chi connectivity index (χ0) is 23.6. The molecule has 0 saturated carbocycles. The molecule has 4 aromatic rings. The molecule has 6 nitrogen and oxygen atoms in total. The van der Waals surface area contributed by atoms with Crippen LogP contribution in [0.25, 0.3) is 10.2 Å². The molecule has 0 bridgehead atoms. The van der Waals surface area contributed by atoms with E-state index in [9.17, 15) is 13.2 Å². The van der Waals surface area contributed by atoms with Gasteiger partial charge in [0.25, 0.3) is 0 Å². The first-order chi connectivity index (χ1) is 15.7. The van der Waals surface area contributed by atoms with Crippen molar-refractivity contribution in [1.29, 1.82) is 0 Å². The molecule has 0 aliphatic rings. The van der Waals surface area contributed by atoms with E-state index < -0.39 is 10.0 Å². The summed E-state index contributed by atoms with van der Waals surface area (Å²) in [5.74, 6) is 0.690. The van der Waals surface area contributed by atoms with Crippen LogP contribution in [-0.2, 0) is 23.1 Å². The van der Waals surface area contributed by atoms with Gasteiger partial charge in [-0.3, -0.25) is 9.36 Å². The van der Waals surface area contributed by atoms with E-state index in [1.54, 1.807) is 28.8 Å². The summed E-state index contributed by atoms with van der Waals surface area (Å²) in [6, 6.07) is 19.3. The highest BCUT2D eigenvalue weighted by Crippen LogP contribution is 2.23. The van der Waals surface area contributed by atoms with Gasteiger partial charge in [0.1, 0.15) is 5.75 Å². The summed E-state index contributed by atoms with van der Waals surface area (Å²) in [4.78, 5) is 12.5. The molecule has 0 spiro atoms. The number of sulfonamides is 1. The third-order valence-corrected chi connectivity index (χ3v) is 7.53. The Balaban J connectivity index is 1.54. The first kappa shape index (κ1) is 23.5. The fourth-order valence-electron chi connectivity index (χ4n) is 3.40. The number of benzene rings is 3. The number of nitrogens with zero attached hydrogens (tertiary/aromatic N) is 1. The Morgan fingerprint density at radius 1 is 1.03 bits per heavy atom. The van der Waals surface area contributed by atoms with Crippen LogP contribution in [0.5, 0.6) is 5.75 Å². The largest absolute Gasteiger partial charge is 0.491 e. The maximum atomic E-state index is 12.9. The van der Waals surface area contributed by atoms with Crippen LogP contribution in [0.15, 0.2) is 76.4 Å². The van der Waals surface area contributed by atoms with E-state index in [0.29, 0.717) is 27.5 Å². The summed E-state index contributed by atoms with van der Waals surface area (Å²) in [5, 5.41) is 0.628. The molecular weight excluding hydrogens is 480 g/mol. The molecule has 9 heteroatoms. The topological polar surface area (TPSA) is 77.4 Å². The van der Waals surface area contributed by atoms with Gasteiger partial charge in [0.05, 0.1) is 27.8 Å². The molecule has 0 atom stereocenters. The Labute approximate surface area is 201 Å². The van der Waals surface area contributed by atoms with Gasteiger partial charge < -0.3 is 4.74 Å². The number of ether oxygens (including phenoxy) is 1. The number of nitrogens with one attached hydrogen (secondary N) is 1. The van der Waals surface area contributed by atoms with Crippen molar-refractivity contribution in [3.05, 3.63) is 92.5 Å². The molecular formula is C24H23ClN2O4S2. The van der Waals surface area contributed by atoms with Gasteiger partial charge in [-0.25, -0.2) is 13.1 Å². The highest BCUT2D eigenvalue weighted by atomic mass is 35.5. The number of rotatable bonds is 8. The highest BCUT2D eigenvalue weighted by molar-refractivity contribution is 7.89. The fourth-order valence-corrected chi connectivity index (χ4v) is 5.57. The van der Waals surface area contributed by atoms with Crippen LogP contribution in [0.1, 0.15) is 25.0 Å². The first-order valence-corrected chi connectivity index (χ1v) is 13.0. The zero-order valence-corrected chi connectivity index (χ0v) is 20.5. The molecule has 0 aliphatic carbocycles. The summed E-state index contributed by atoms with van der Waals surface area (Å²) in [7, 11) is -3.76. The van der Waals surface area contributed by atoms with Crippen molar-refractivity contribution in [3.8, 4) is 5.75 Å². The molecule has 0 saturated heterocycles. The van der Waals surface area contributed by atoms with Crippen molar-refractivity contribution >= 4 is 43.2 Å². The predicted molar refractivity (Wildman–Crippen MR) is 133 cm³/mol. The summed E-state index contributed by atoms with van der Waals surface area (Å²) < 4.78 is 36.3. The molecule has 1 aromatic heterocycles. The number of hydrogen-bond donors (Lipinski definition) is 1. The minimum absolute atomic E-state index is 0.0304. The molecule has 4 rings (SSSR count). The Bertz CT molecular complexity index is 1440. The molecule has 0 fully saturated rings. The third kappa shape index (κ3) is 5.65. The molecule has 33 heavy (non-hydrogen) atoms. The van der Waals surface area contributed by atoms with Crippen LogP contribution in [0.3, 0.4) is 0 Å². The second-order valence-electron chi connectivity index (χ2n) is 7.85. The van der Waals surface area contributed by atoms with Gasteiger partial charge >= 0.3 is 4.87 Å². The van der Waals surface area contributed by atoms with Crippen molar-refractivity contribution < 1.29 is 13.2 Å². The minimum atomic E-state index is -3.76. The Morgan fingerprint density at radius 2 is 1.79 bits per heavy atom. The molecule has 0 aliphatic heterocycles.